The Balaban J connectivity index is 1.18. The Morgan fingerprint density at radius 2 is 1.77 bits per heavy atom. The van der Waals surface area contributed by atoms with Crippen molar-refractivity contribution >= 4 is 22.4 Å². The highest BCUT2D eigenvalue weighted by atomic mass is 16.5. The van der Waals surface area contributed by atoms with E-state index < -0.39 is 0 Å². The summed E-state index contributed by atoms with van der Waals surface area (Å²) in [6.07, 6.45) is 3.56. The minimum absolute atomic E-state index is 0.274. The quantitative estimate of drug-likeness (QED) is 0.498. The van der Waals surface area contributed by atoms with Crippen LogP contribution in [-0.4, -0.2) is 68.1 Å². The van der Waals surface area contributed by atoms with E-state index in [2.05, 4.69) is 69.3 Å². The van der Waals surface area contributed by atoms with E-state index in [9.17, 15) is 4.79 Å². The number of rotatable bonds is 7. The molecule has 1 aliphatic carbocycles. The molecule has 0 bridgehead atoms. The summed E-state index contributed by atoms with van der Waals surface area (Å²) in [5, 5.41) is 2.59. The van der Waals surface area contributed by atoms with Gasteiger partial charge >= 0.3 is 0 Å². The molecular formula is C30H37N3O2. The second-order valence-corrected chi connectivity index (χ2v) is 9.83. The molecule has 1 amide bonds. The van der Waals surface area contributed by atoms with Crippen LogP contribution in [0, 0.1) is 0 Å². The van der Waals surface area contributed by atoms with Gasteiger partial charge < -0.3 is 14.5 Å². The van der Waals surface area contributed by atoms with Crippen molar-refractivity contribution in [3.63, 3.8) is 0 Å². The molecule has 5 heteroatoms. The van der Waals surface area contributed by atoms with Gasteiger partial charge in [-0.1, -0.05) is 43.3 Å². The summed E-state index contributed by atoms with van der Waals surface area (Å²) >= 11 is 0. The van der Waals surface area contributed by atoms with Crippen molar-refractivity contribution in [2.45, 2.75) is 38.6 Å². The average Bonchev–Trinajstić information content (AvgIpc) is 2.92. The van der Waals surface area contributed by atoms with Gasteiger partial charge in [0.1, 0.15) is 5.75 Å². The van der Waals surface area contributed by atoms with Crippen molar-refractivity contribution in [3.05, 3.63) is 71.8 Å². The molecule has 0 spiro atoms. The zero-order valence-corrected chi connectivity index (χ0v) is 21.1. The lowest BCUT2D eigenvalue weighted by Crippen LogP contribution is -2.51. The SMILES string of the molecule is CCC(=O)N(CCN1CCN(c2ccc3ccccc3c2)CC1)C1CCc2ccc(OC)cc2C1. The Morgan fingerprint density at radius 1 is 0.971 bits per heavy atom. The normalized spacial score (nSPS) is 18.3. The molecule has 0 radical (unpaired) electrons. The van der Waals surface area contributed by atoms with Crippen molar-refractivity contribution in [1.82, 2.24) is 9.80 Å². The molecule has 0 aromatic heterocycles. The molecule has 184 valence electrons. The molecule has 0 saturated carbocycles. The molecule has 1 aliphatic heterocycles. The van der Waals surface area contributed by atoms with E-state index in [1.165, 1.54) is 27.6 Å². The van der Waals surface area contributed by atoms with Crippen molar-refractivity contribution in [2.24, 2.45) is 0 Å². The fraction of sp³-hybridized carbons (Fsp3) is 0.433. The van der Waals surface area contributed by atoms with E-state index in [1.807, 2.05) is 13.0 Å². The number of benzene rings is 3. The zero-order valence-electron chi connectivity index (χ0n) is 21.1. The third-order valence-electron chi connectivity index (χ3n) is 7.81. The van der Waals surface area contributed by atoms with Crippen LogP contribution in [0.2, 0.25) is 0 Å². The van der Waals surface area contributed by atoms with Gasteiger partial charge in [-0.05, 0) is 65.4 Å². The third-order valence-corrected chi connectivity index (χ3v) is 7.81. The van der Waals surface area contributed by atoms with Crippen molar-refractivity contribution < 1.29 is 9.53 Å². The number of fused-ring (bicyclic) bond motifs is 2. The van der Waals surface area contributed by atoms with Crippen LogP contribution in [0.4, 0.5) is 5.69 Å². The van der Waals surface area contributed by atoms with Crippen LogP contribution in [0.5, 0.6) is 5.75 Å². The van der Waals surface area contributed by atoms with Crippen LogP contribution in [0.1, 0.15) is 30.9 Å². The number of anilines is 1. The maximum atomic E-state index is 12.9. The Labute approximate surface area is 209 Å². The number of amides is 1. The smallest absolute Gasteiger partial charge is 0.222 e. The number of methoxy groups -OCH3 is 1. The lowest BCUT2D eigenvalue weighted by molar-refractivity contribution is -0.133. The highest BCUT2D eigenvalue weighted by Crippen LogP contribution is 2.28. The molecule has 1 saturated heterocycles. The molecule has 5 nitrogen and oxygen atoms in total. The van der Waals surface area contributed by atoms with E-state index in [0.29, 0.717) is 6.42 Å². The second kappa shape index (κ2) is 10.7. The molecule has 1 heterocycles. The Bertz CT molecular complexity index is 1170. The van der Waals surface area contributed by atoms with Crippen LogP contribution >= 0.6 is 0 Å². The number of aryl methyl sites for hydroxylation is 1. The first-order valence-corrected chi connectivity index (χ1v) is 13.1. The fourth-order valence-electron chi connectivity index (χ4n) is 5.67. The minimum atomic E-state index is 0.274. The van der Waals surface area contributed by atoms with E-state index in [1.54, 1.807) is 7.11 Å². The monoisotopic (exact) mass is 471 g/mol. The highest BCUT2D eigenvalue weighted by Gasteiger charge is 2.28. The van der Waals surface area contributed by atoms with E-state index in [-0.39, 0.29) is 11.9 Å². The molecule has 3 aromatic carbocycles. The van der Waals surface area contributed by atoms with Crippen molar-refractivity contribution in [1.29, 1.82) is 0 Å². The topological polar surface area (TPSA) is 36.0 Å². The van der Waals surface area contributed by atoms with Crippen LogP contribution in [0.3, 0.4) is 0 Å². The predicted molar refractivity (Wildman–Crippen MR) is 143 cm³/mol. The maximum Gasteiger partial charge on any atom is 0.222 e. The number of ether oxygens (including phenoxy) is 1. The van der Waals surface area contributed by atoms with Gasteiger partial charge in [0.05, 0.1) is 7.11 Å². The van der Waals surface area contributed by atoms with E-state index in [4.69, 9.17) is 4.74 Å². The molecule has 3 aromatic rings. The number of carbonyl (C=O) groups excluding carboxylic acids is 1. The van der Waals surface area contributed by atoms with Gasteiger partial charge in [-0.3, -0.25) is 9.69 Å². The third kappa shape index (κ3) is 5.30. The van der Waals surface area contributed by atoms with Crippen molar-refractivity contribution in [3.8, 4) is 5.75 Å². The summed E-state index contributed by atoms with van der Waals surface area (Å²) in [7, 11) is 1.72. The van der Waals surface area contributed by atoms with Crippen LogP contribution in [-0.2, 0) is 17.6 Å². The summed E-state index contributed by atoms with van der Waals surface area (Å²) < 4.78 is 5.44. The summed E-state index contributed by atoms with van der Waals surface area (Å²) in [6, 6.07) is 22.0. The van der Waals surface area contributed by atoms with Gasteiger partial charge in [0, 0.05) is 57.4 Å². The molecule has 35 heavy (non-hydrogen) atoms. The molecular weight excluding hydrogens is 434 g/mol. The molecule has 1 atom stereocenters. The minimum Gasteiger partial charge on any atom is -0.497 e. The number of hydrogen-bond donors (Lipinski definition) is 0. The zero-order chi connectivity index (χ0) is 24.2. The maximum absolute atomic E-state index is 12.9. The first-order chi connectivity index (χ1) is 17.1. The largest absolute Gasteiger partial charge is 0.497 e. The Hall–Kier alpha value is -3.05. The molecule has 5 rings (SSSR count). The highest BCUT2D eigenvalue weighted by molar-refractivity contribution is 5.85. The predicted octanol–water partition coefficient (Wildman–Crippen LogP) is 4.77. The molecule has 1 unspecified atom stereocenters. The number of nitrogens with zero attached hydrogens (tertiary/aromatic N) is 3. The van der Waals surface area contributed by atoms with Crippen molar-refractivity contribution in [2.75, 3.05) is 51.3 Å². The van der Waals surface area contributed by atoms with Gasteiger partial charge in [-0.15, -0.1) is 0 Å². The van der Waals surface area contributed by atoms with Gasteiger partial charge in [0.2, 0.25) is 5.91 Å². The Morgan fingerprint density at radius 3 is 2.54 bits per heavy atom. The van der Waals surface area contributed by atoms with Gasteiger partial charge in [-0.25, -0.2) is 0 Å². The first kappa shape index (κ1) is 23.7. The fourth-order valence-corrected chi connectivity index (χ4v) is 5.67. The first-order valence-electron chi connectivity index (χ1n) is 13.1. The molecule has 2 aliphatic rings. The van der Waals surface area contributed by atoms with Gasteiger partial charge in [-0.2, -0.15) is 0 Å². The second-order valence-electron chi connectivity index (χ2n) is 9.83. The Kier molecular flexibility index (Phi) is 7.24. The average molecular weight is 472 g/mol. The van der Waals surface area contributed by atoms with E-state index >= 15 is 0 Å². The molecule has 1 fully saturated rings. The van der Waals surface area contributed by atoms with Crippen LogP contribution in [0.25, 0.3) is 10.8 Å². The lowest BCUT2D eigenvalue weighted by atomic mass is 9.87. The number of hydrogen-bond acceptors (Lipinski definition) is 4. The summed E-state index contributed by atoms with van der Waals surface area (Å²) in [5.41, 5.74) is 4.04. The number of piperazine rings is 1. The summed E-state index contributed by atoms with van der Waals surface area (Å²) in [5.74, 6) is 1.18. The van der Waals surface area contributed by atoms with E-state index in [0.717, 1.165) is 64.3 Å². The van der Waals surface area contributed by atoms with Crippen LogP contribution in [0.15, 0.2) is 60.7 Å². The lowest BCUT2D eigenvalue weighted by Gasteiger charge is -2.39. The summed E-state index contributed by atoms with van der Waals surface area (Å²) in [6.45, 7) is 7.85. The van der Waals surface area contributed by atoms with Gasteiger partial charge in [0.15, 0.2) is 0 Å². The van der Waals surface area contributed by atoms with Gasteiger partial charge in [0.25, 0.3) is 0 Å². The summed E-state index contributed by atoms with van der Waals surface area (Å²) in [4.78, 5) is 20.1. The van der Waals surface area contributed by atoms with Crippen LogP contribution < -0.4 is 9.64 Å². The molecule has 0 N–H and O–H groups in total. The number of carbonyl (C=O) groups is 1. The standard InChI is InChI=1S/C30H37N3O2/c1-3-30(34)33(28-12-9-24-10-13-29(35-2)22-26(24)21-28)19-16-31-14-17-32(18-15-31)27-11-8-23-6-4-5-7-25(23)20-27/h4-8,10-11,13,20,22,28H,3,9,12,14-19,21H2,1-2H3.